The number of hydrogen-bond acceptors (Lipinski definition) is 4. The first-order valence-corrected chi connectivity index (χ1v) is 7.11. The van der Waals surface area contributed by atoms with Gasteiger partial charge in [0.1, 0.15) is 0 Å². The summed E-state index contributed by atoms with van der Waals surface area (Å²) in [4.78, 5) is 25.3. The van der Waals surface area contributed by atoms with Crippen LogP contribution in [0.2, 0.25) is 0 Å². The van der Waals surface area contributed by atoms with Crippen molar-refractivity contribution in [1.82, 2.24) is 10.2 Å². The molecular formula is C14H27ClN2O3. The van der Waals surface area contributed by atoms with E-state index in [4.69, 9.17) is 0 Å². The van der Waals surface area contributed by atoms with Crippen LogP contribution in [-0.2, 0) is 14.3 Å². The molecule has 0 aromatic heterocycles. The van der Waals surface area contributed by atoms with Gasteiger partial charge in [0.2, 0.25) is 5.91 Å². The van der Waals surface area contributed by atoms with Gasteiger partial charge in [0.05, 0.1) is 13.5 Å². The Bertz CT molecular complexity index is 305. The van der Waals surface area contributed by atoms with Gasteiger partial charge in [-0.3, -0.25) is 9.59 Å². The molecule has 6 heteroatoms. The van der Waals surface area contributed by atoms with Gasteiger partial charge in [-0.2, -0.15) is 0 Å². The molecular weight excluding hydrogens is 280 g/mol. The summed E-state index contributed by atoms with van der Waals surface area (Å²) in [6.45, 7) is 6.31. The molecule has 1 unspecified atom stereocenters. The van der Waals surface area contributed by atoms with E-state index >= 15 is 0 Å². The Hall–Kier alpha value is -0.810. The van der Waals surface area contributed by atoms with Gasteiger partial charge in [-0.25, -0.2) is 0 Å². The molecule has 0 aliphatic carbocycles. The molecule has 1 amide bonds. The number of hydrogen-bond donors (Lipinski definition) is 1. The highest BCUT2D eigenvalue weighted by molar-refractivity contribution is 5.85. The Morgan fingerprint density at radius 3 is 2.60 bits per heavy atom. The molecule has 5 nitrogen and oxygen atoms in total. The van der Waals surface area contributed by atoms with Crippen molar-refractivity contribution in [3.8, 4) is 0 Å². The van der Waals surface area contributed by atoms with E-state index in [0.29, 0.717) is 31.5 Å². The first-order valence-electron chi connectivity index (χ1n) is 7.11. The number of nitrogens with one attached hydrogen (secondary N) is 1. The molecule has 0 aromatic rings. The van der Waals surface area contributed by atoms with Gasteiger partial charge < -0.3 is 15.0 Å². The van der Waals surface area contributed by atoms with E-state index < -0.39 is 0 Å². The van der Waals surface area contributed by atoms with Crippen LogP contribution in [0, 0.1) is 5.92 Å². The van der Waals surface area contributed by atoms with Gasteiger partial charge in [0.25, 0.3) is 0 Å². The van der Waals surface area contributed by atoms with Crippen LogP contribution in [0.3, 0.4) is 0 Å². The highest BCUT2D eigenvalue weighted by atomic mass is 35.5. The van der Waals surface area contributed by atoms with E-state index in [0.717, 1.165) is 19.4 Å². The lowest BCUT2D eigenvalue weighted by atomic mass is 10.1. The fourth-order valence-corrected chi connectivity index (χ4v) is 2.36. The zero-order chi connectivity index (χ0) is 14.3. The van der Waals surface area contributed by atoms with Crippen LogP contribution in [0.4, 0.5) is 0 Å². The molecule has 1 aliphatic rings. The van der Waals surface area contributed by atoms with Crippen molar-refractivity contribution < 1.29 is 14.3 Å². The van der Waals surface area contributed by atoms with Crippen molar-refractivity contribution in [3.63, 3.8) is 0 Å². The number of rotatable bonds is 7. The highest BCUT2D eigenvalue weighted by Gasteiger charge is 2.22. The number of halogens is 1. The maximum atomic E-state index is 12.3. The third-order valence-corrected chi connectivity index (χ3v) is 3.34. The van der Waals surface area contributed by atoms with Crippen LogP contribution >= 0.6 is 12.4 Å². The molecule has 1 saturated heterocycles. The lowest BCUT2D eigenvalue weighted by molar-refractivity contribution is -0.142. The van der Waals surface area contributed by atoms with Crippen molar-refractivity contribution in [2.75, 3.05) is 26.7 Å². The standard InChI is InChI=1S/C14H26N2O3.ClH/c1-11(2)10-16(8-6-14(18)19-3)13(17)9-12-5-4-7-15-12;/h11-12,15H,4-10H2,1-3H3;1H. The monoisotopic (exact) mass is 306 g/mol. The van der Waals surface area contributed by atoms with E-state index in [9.17, 15) is 9.59 Å². The number of amides is 1. The molecule has 0 saturated carbocycles. The van der Waals surface area contributed by atoms with Crippen LogP contribution in [0.25, 0.3) is 0 Å². The molecule has 1 rings (SSSR count). The zero-order valence-corrected chi connectivity index (χ0v) is 13.5. The number of ether oxygens (including phenoxy) is 1. The predicted molar refractivity (Wildman–Crippen MR) is 80.9 cm³/mol. The Balaban J connectivity index is 0.00000361. The topological polar surface area (TPSA) is 58.6 Å². The molecule has 1 aliphatic heterocycles. The quantitative estimate of drug-likeness (QED) is 0.726. The van der Waals surface area contributed by atoms with Crippen molar-refractivity contribution >= 4 is 24.3 Å². The van der Waals surface area contributed by atoms with Gasteiger partial charge in [-0.15, -0.1) is 12.4 Å². The molecule has 1 atom stereocenters. The molecule has 0 spiro atoms. The van der Waals surface area contributed by atoms with Crippen LogP contribution in [0.5, 0.6) is 0 Å². The summed E-state index contributed by atoms with van der Waals surface area (Å²) >= 11 is 0. The van der Waals surface area contributed by atoms with Crippen molar-refractivity contribution in [2.24, 2.45) is 5.92 Å². The molecule has 1 N–H and O–H groups in total. The second kappa shape index (κ2) is 10.00. The third kappa shape index (κ3) is 7.10. The lowest BCUT2D eigenvalue weighted by Gasteiger charge is -2.25. The normalized spacial score (nSPS) is 17.7. The molecule has 1 fully saturated rings. The SMILES string of the molecule is COC(=O)CCN(CC(C)C)C(=O)CC1CCCN1.Cl. The molecule has 118 valence electrons. The second-order valence-electron chi connectivity index (χ2n) is 5.56. The highest BCUT2D eigenvalue weighted by Crippen LogP contribution is 2.12. The first kappa shape index (κ1) is 19.2. The Kier molecular flexibility index (Phi) is 9.59. The smallest absolute Gasteiger partial charge is 0.307 e. The Morgan fingerprint density at radius 2 is 2.10 bits per heavy atom. The first-order chi connectivity index (χ1) is 9.02. The number of esters is 1. The van der Waals surface area contributed by atoms with Crippen LogP contribution in [0.15, 0.2) is 0 Å². The summed E-state index contributed by atoms with van der Waals surface area (Å²) in [7, 11) is 1.37. The number of carbonyl (C=O) groups is 2. The summed E-state index contributed by atoms with van der Waals surface area (Å²) in [5, 5.41) is 3.33. The lowest BCUT2D eigenvalue weighted by Crippen LogP contribution is -2.39. The fourth-order valence-electron chi connectivity index (χ4n) is 2.36. The summed E-state index contributed by atoms with van der Waals surface area (Å²) in [6.07, 6.45) is 3.02. The summed E-state index contributed by atoms with van der Waals surface area (Å²) in [6, 6.07) is 0.306. The van der Waals surface area contributed by atoms with Gasteiger partial charge in [0.15, 0.2) is 0 Å². The van der Waals surface area contributed by atoms with Gasteiger partial charge >= 0.3 is 5.97 Å². The minimum Gasteiger partial charge on any atom is -0.469 e. The minimum atomic E-state index is -0.263. The second-order valence-corrected chi connectivity index (χ2v) is 5.56. The maximum absolute atomic E-state index is 12.3. The van der Waals surface area contributed by atoms with Gasteiger partial charge in [0, 0.05) is 25.6 Å². The van der Waals surface area contributed by atoms with Crippen molar-refractivity contribution in [3.05, 3.63) is 0 Å². The molecule has 0 bridgehead atoms. The minimum absolute atomic E-state index is 0. The average Bonchev–Trinajstić information content (AvgIpc) is 2.86. The Morgan fingerprint density at radius 1 is 1.40 bits per heavy atom. The summed E-state index contributed by atoms with van der Waals surface area (Å²) in [5.41, 5.74) is 0. The average molecular weight is 307 g/mol. The summed E-state index contributed by atoms with van der Waals surface area (Å²) < 4.78 is 4.63. The Labute approximate surface area is 127 Å². The van der Waals surface area contributed by atoms with E-state index in [1.807, 2.05) is 0 Å². The van der Waals surface area contributed by atoms with Crippen LogP contribution in [-0.4, -0.2) is 49.6 Å². The third-order valence-electron chi connectivity index (χ3n) is 3.34. The predicted octanol–water partition coefficient (Wildman–Crippen LogP) is 1.60. The van der Waals surface area contributed by atoms with Crippen molar-refractivity contribution in [1.29, 1.82) is 0 Å². The number of nitrogens with zero attached hydrogens (tertiary/aromatic N) is 1. The van der Waals surface area contributed by atoms with E-state index in [2.05, 4.69) is 23.9 Å². The van der Waals surface area contributed by atoms with E-state index in [1.54, 1.807) is 4.90 Å². The fraction of sp³-hybridized carbons (Fsp3) is 0.857. The molecule has 20 heavy (non-hydrogen) atoms. The van der Waals surface area contributed by atoms with E-state index in [-0.39, 0.29) is 30.7 Å². The number of methoxy groups -OCH3 is 1. The van der Waals surface area contributed by atoms with Crippen molar-refractivity contribution in [2.45, 2.75) is 45.6 Å². The van der Waals surface area contributed by atoms with Gasteiger partial charge in [-0.05, 0) is 25.3 Å². The molecule has 0 radical (unpaired) electrons. The largest absolute Gasteiger partial charge is 0.469 e. The molecule has 0 aromatic carbocycles. The maximum Gasteiger partial charge on any atom is 0.307 e. The van der Waals surface area contributed by atoms with E-state index in [1.165, 1.54) is 7.11 Å². The van der Waals surface area contributed by atoms with Gasteiger partial charge in [-0.1, -0.05) is 13.8 Å². The van der Waals surface area contributed by atoms with Crippen LogP contribution in [0.1, 0.15) is 39.5 Å². The summed E-state index contributed by atoms with van der Waals surface area (Å²) in [5.74, 6) is 0.274. The van der Waals surface area contributed by atoms with Crippen LogP contribution < -0.4 is 5.32 Å². The number of carbonyl (C=O) groups excluding carboxylic acids is 2. The zero-order valence-electron chi connectivity index (χ0n) is 12.7. The molecule has 1 heterocycles.